The fourth-order valence-corrected chi connectivity index (χ4v) is 11.3. The van der Waals surface area contributed by atoms with Crippen LogP contribution in [0.25, 0.3) is 39.3 Å². The van der Waals surface area contributed by atoms with Crippen LogP contribution < -0.4 is 26.6 Å². The number of H-pyrrole nitrogens is 2. The summed E-state index contributed by atoms with van der Waals surface area (Å²) in [4.78, 5) is 140. The number of fused-ring (bicyclic) bond motifs is 8. The van der Waals surface area contributed by atoms with Gasteiger partial charge in [-0.1, -0.05) is 44.2 Å². The molecule has 0 saturated carbocycles. The first kappa shape index (κ1) is 68.8. The molecule has 26 nitrogen and oxygen atoms in total. The van der Waals surface area contributed by atoms with Gasteiger partial charge in [-0.05, 0) is 106 Å². The quantitative estimate of drug-likeness (QED) is 0.0133. The van der Waals surface area contributed by atoms with Crippen molar-refractivity contribution in [3.05, 3.63) is 111 Å². The van der Waals surface area contributed by atoms with Crippen LogP contribution in [0.5, 0.6) is 0 Å². The third-order valence-corrected chi connectivity index (χ3v) is 16.1. The van der Waals surface area contributed by atoms with Crippen LogP contribution in [0.1, 0.15) is 138 Å². The summed E-state index contributed by atoms with van der Waals surface area (Å²) < 4.78 is 27.1. The first-order valence-corrected chi connectivity index (χ1v) is 31.0. The monoisotopic (exact) mass is 1270 g/mol. The zero-order valence-corrected chi connectivity index (χ0v) is 53.4. The summed E-state index contributed by atoms with van der Waals surface area (Å²) in [6.45, 7) is 15.9. The molecule has 492 valence electrons. The number of amides is 7. The van der Waals surface area contributed by atoms with Crippen molar-refractivity contribution in [1.29, 1.82) is 0 Å². The summed E-state index contributed by atoms with van der Waals surface area (Å²) in [5.41, 5.74) is 9.14. The highest BCUT2D eigenvalue weighted by Gasteiger charge is 2.41. The average Bonchev–Trinajstić information content (AvgIpc) is 1.55. The number of carbonyl (C=O) groups excluding carboxylic acids is 9. The molecule has 92 heavy (non-hydrogen) atoms. The fourth-order valence-electron chi connectivity index (χ4n) is 11.3. The number of alkyl carbamates (subject to hydrolysis) is 1. The summed E-state index contributed by atoms with van der Waals surface area (Å²) in [5, 5.41) is 21.9. The van der Waals surface area contributed by atoms with E-state index in [4.69, 9.17) is 33.7 Å². The normalized spacial score (nSPS) is 16.1. The Labute approximate surface area is 533 Å². The Balaban J connectivity index is 0.939. The number of rotatable bonds is 27. The number of aliphatic hydroxyl groups is 1. The van der Waals surface area contributed by atoms with Crippen molar-refractivity contribution >= 4 is 92.8 Å². The molecule has 1 aromatic carbocycles. The Morgan fingerprint density at radius 3 is 2.21 bits per heavy atom. The molecule has 3 aromatic heterocycles. The van der Waals surface area contributed by atoms with E-state index in [2.05, 4.69) is 41.5 Å². The number of aryl methyl sites for hydroxylation is 2. The number of allylic oxidation sites excluding steroid dienone is 2. The number of benzene rings is 1. The van der Waals surface area contributed by atoms with Gasteiger partial charge >= 0.3 is 18.0 Å². The topological polar surface area (TPSA) is 344 Å². The molecular weight excluding hydrogens is 1190 g/mol. The maximum Gasteiger partial charge on any atom is 0.408 e. The van der Waals surface area contributed by atoms with E-state index in [1.165, 1.54) is 11.0 Å². The van der Waals surface area contributed by atoms with Gasteiger partial charge in [-0.25, -0.2) is 14.6 Å². The molecule has 7 amide bonds. The molecular formula is C66H83N11O15. The van der Waals surface area contributed by atoms with Crippen LogP contribution in [0.4, 0.5) is 4.79 Å². The summed E-state index contributed by atoms with van der Waals surface area (Å²) in [6.07, 6.45) is 3.09. The standard InChI is InChI=1S/C66H83N11O15/c1-9-43-38(2)47-33-51-44(15-17-57(83)91-30-29-88-25-19-67-53(79)35-69-62(84)52(31-42-13-11-10-12-14-42)73-55(81)37-68-54(80)36-70-65(87)92-66(6,7)8)39(3)46(72-51)32-48-40(4)45(16-18-56(82)90-28-24-78)60(74-48)59-61-58(41(5)49(75-61)34-50(43)71-47)63(85)77(64(59)86)21-20-76-22-26-89-27-23-76/h10-15,17,32-34,40,45,52,72,75,78H,9,16,18-31,35-37H2,1-8H3,(H,67,79)(H,68,80)(H,69,84)(H,70,87)(H,73,81)/b17-15+,46-32?,47-33?,48-32?,49-34?,50-34?,51-33?,60-59?/t40-,45-,52-/m0/s1. The minimum absolute atomic E-state index is 0.00166. The van der Waals surface area contributed by atoms with Crippen molar-refractivity contribution in [2.45, 2.75) is 105 Å². The molecule has 4 aliphatic heterocycles. The highest BCUT2D eigenvalue weighted by molar-refractivity contribution is 6.23. The number of morpholine rings is 1. The molecule has 3 atom stereocenters. The number of carbonyl (C=O) groups is 9. The van der Waals surface area contributed by atoms with Crippen LogP contribution in [0.15, 0.2) is 54.6 Å². The lowest BCUT2D eigenvalue weighted by Gasteiger charge is -2.31. The summed E-state index contributed by atoms with van der Waals surface area (Å²) in [6, 6.07) is 13.5. The van der Waals surface area contributed by atoms with Gasteiger partial charge < -0.3 is 65.3 Å². The van der Waals surface area contributed by atoms with Crippen LogP contribution in [-0.2, 0) is 58.9 Å². The number of aromatic amines is 2. The molecule has 8 N–H and O–H groups in total. The van der Waals surface area contributed by atoms with Crippen molar-refractivity contribution in [3.63, 3.8) is 0 Å². The van der Waals surface area contributed by atoms with E-state index in [1.54, 1.807) is 57.2 Å². The number of ether oxygens (including phenoxy) is 5. The maximum absolute atomic E-state index is 15.1. The lowest BCUT2D eigenvalue weighted by Crippen LogP contribution is -2.52. The van der Waals surface area contributed by atoms with Crippen molar-refractivity contribution < 1.29 is 71.9 Å². The maximum atomic E-state index is 15.1. The van der Waals surface area contributed by atoms with Crippen LogP contribution in [0.2, 0.25) is 0 Å². The molecule has 4 aromatic rings. The van der Waals surface area contributed by atoms with Gasteiger partial charge in [-0.15, -0.1) is 0 Å². The fraction of sp³-hybridized carbons (Fsp3) is 0.470. The molecule has 0 radical (unpaired) electrons. The number of nitrogens with zero attached hydrogens (tertiary/aromatic N) is 4. The summed E-state index contributed by atoms with van der Waals surface area (Å²) >= 11 is 0. The Hall–Kier alpha value is -9.11. The minimum atomic E-state index is -1.11. The Bertz CT molecular complexity index is 3670. The zero-order valence-electron chi connectivity index (χ0n) is 53.4. The Morgan fingerprint density at radius 2 is 1.48 bits per heavy atom. The predicted molar refractivity (Wildman–Crippen MR) is 340 cm³/mol. The molecule has 0 aliphatic carbocycles. The van der Waals surface area contributed by atoms with Gasteiger partial charge in [0.15, 0.2) is 0 Å². The smallest absolute Gasteiger partial charge is 0.408 e. The second-order valence-electron chi connectivity index (χ2n) is 23.7. The van der Waals surface area contributed by atoms with Gasteiger partial charge in [0.1, 0.15) is 31.4 Å². The number of nitrogens with one attached hydrogen (secondary N) is 7. The SMILES string of the molecule is CCC1=C(C)c2cc3[nH]c(cc4nc(c5c6[nH]c(cc1n2)c(C)c6C(=O)N(CCN1CCOCC1)C5=O)[C@@H](CCC(=O)OCCO)[C@@H]4C)c(C)c3/C=C/C(=O)OCCOCCNC(=O)CNC(=O)[C@H](Cc1ccccc1)NC(=O)CNC(=O)CNC(=O)OC(C)(C)C. The molecule has 4 aliphatic rings. The van der Waals surface area contributed by atoms with E-state index in [-0.39, 0.29) is 76.9 Å². The van der Waals surface area contributed by atoms with E-state index < -0.39 is 90.7 Å². The van der Waals surface area contributed by atoms with E-state index in [0.29, 0.717) is 101 Å². The summed E-state index contributed by atoms with van der Waals surface area (Å²) in [7, 11) is 0. The highest BCUT2D eigenvalue weighted by Crippen LogP contribution is 2.44. The minimum Gasteiger partial charge on any atom is -0.463 e. The van der Waals surface area contributed by atoms with Gasteiger partial charge in [0.2, 0.25) is 23.6 Å². The first-order valence-electron chi connectivity index (χ1n) is 31.0. The average molecular weight is 1270 g/mol. The van der Waals surface area contributed by atoms with Crippen LogP contribution >= 0.6 is 0 Å². The van der Waals surface area contributed by atoms with E-state index in [9.17, 15) is 43.5 Å². The molecule has 0 spiro atoms. The van der Waals surface area contributed by atoms with Crippen molar-refractivity contribution in [2.75, 3.05) is 98.6 Å². The van der Waals surface area contributed by atoms with Gasteiger partial charge in [0.25, 0.3) is 11.8 Å². The molecule has 1 fully saturated rings. The number of imide groups is 1. The van der Waals surface area contributed by atoms with Gasteiger partial charge in [0.05, 0.1) is 79.8 Å². The molecule has 8 bridgehead atoms. The number of hydrogen-bond acceptors (Lipinski definition) is 18. The predicted octanol–water partition coefficient (Wildman–Crippen LogP) is 4.58. The molecule has 8 rings (SSSR count). The van der Waals surface area contributed by atoms with Crippen molar-refractivity contribution in [2.24, 2.45) is 0 Å². The third-order valence-electron chi connectivity index (χ3n) is 16.1. The highest BCUT2D eigenvalue weighted by atomic mass is 16.6. The van der Waals surface area contributed by atoms with Crippen molar-refractivity contribution in [1.82, 2.24) is 56.3 Å². The molecule has 7 heterocycles. The van der Waals surface area contributed by atoms with Crippen molar-refractivity contribution in [3.8, 4) is 0 Å². The van der Waals surface area contributed by atoms with E-state index in [1.807, 2.05) is 52.8 Å². The zero-order chi connectivity index (χ0) is 66.2. The number of aliphatic hydroxyl groups excluding tert-OH is 1. The van der Waals surface area contributed by atoms with Gasteiger partial charge in [-0.3, -0.25) is 48.3 Å². The second kappa shape index (κ2) is 31.8. The number of hydrogen-bond donors (Lipinski definition) is 8. The molecule has 1 saturated heterocycles. The Morgan fingerprint density at radius 1 is 0.783 bits per heavy atom. The van der Waals surface area contributed by atoms with E-state index >= 15 is 4.79 Å². The number of aromatic nitrogens is 4. The number of esters is 2. The third kappa shape index (κ3) is 17.9. The van der Waals surface area contributed by atoms with Gasteiger partial charge in [-0.2, -0.15) is 0 Å². The Kier molecular flexibility index (Phi) is 23.7. The molecule has 26 heteroatoms. The molecule has 0 unspecified atom stereocenters. The van der Waals surface area contributed by atoms with Gasteiger partial charge in [0, 0.05) is 91.3 Å². The van der Waals surface area contributed by atoms with E-state index in [0.717, 1.165) is 22.3 Å². The second-order valence-corrected chi connectivity index (χ2v) is 23.7. The van der Waals surface area contributed by atoms with Crippen LogP contribution in [0, 0.1) is 13.8 Å². The summed E-state index contributed by atoms with van der Waals surface area (Å²) in [5.74, 6) is -5.45. The first-order chi connectivity index (χ1) is 44.0. The lowest BCUT2D eigenvalue weighted by atomic mass is 9.84. The lowest BCUT2D eigenvalue weighted by molar-refractivity contribution is -0.145. The largest absolute Gasteiger partial charge is 0.463 e. The van der Waals surface area contributed by atoms with Crippen LogP contribution in [0.3, 0.4) is 0 Å². The van der Waals surface area contributed by atoms with Crippen LogP contribution in [-0.4, -0.2) is 199 Å².